The number of amidine groups is 1. The fourth-order valence-corrected chi connectivity index (χ4v) is 2.74. The summed E-state index contributed by atoms with van der Waals surface area (Å²) in [4.78, 5) is 30.1. The third-order valence-electron chi connectivity index (χ3n) is 3.94. The van der Waals surface area contributed by atoms with Gasteiger partial charge >= 0.3 is 5.97 Å². The average Bonchev–Trinajstić information content (AvgIpc) is 2.71. The molecule has 0 bridgehead atoms. The van der Waals surface area contributed by atoms with Gasteiger partial charge in [-0.15, -0.1) is 0 Å². The zero-order valence-electron chi connectivity index (χ0n) is 12.5. The van der Waals surface area contributed by atoms with E-state index < -0.39 is 0 Å². The molecule has 22 heavy (non-hydrogen) atoms. The topological polar surface area (TPSA) is 59.0 Å². The van der Waals surface area contributed by atoms with Crippen LogP contribution < -0.4 is 0 Å². The number of methoxy groups -OCH3 is 1. The molecule has 5 heteroatoms. The number of carbonyl (C=O) groups is 2. The number of esters is 1. The van der Waals surface area contributed by atoms with Crippen molar-refractivity contribution in [3.8, 4) is 0 Å². The van der Waals surface area contributed by atoms with E-state index in [-0.39, 0.29) is 11.9 Å². The minimum Gasteiger partial charge on any atom is -0.465 e. The molecule has 0 atom stereocenters. The van der Waals surface area contributed by atoms with Gasteiger partial charge in [0.25, 0.3) is 5.91 Å². The predicted molar refractivity (Wildman–Crippen MR) is 83.4 cm³/mol. The van der Waals surface area contributed by atoms with Crippen molar-refractivity contribution in [1.82, 2.24) is 4.90 Å². The number of carbonyl (C=O) groups excluding carboxylic acids is 2. The number of nitrogens with zero attached hydrogens (tertiary/aromatic N) is 2. The first-order valence-corrected chi connectivity index (χ1v) is 7.48. The number of hydrogen-bond donors (Lipinski definition) is 0. The van der Waals surface area contributed by atoms with E-state index in [0.29, 0.717) is 11.3 Å². The van der Waals surface area contributed by atoms with Crippen molar-refractivity contribution in [2.45, 2.75) is 25.7 Å². The lowest BCUT2D eigenvalue weighted by Gasteiger charge is -2.13. The van der Waals surface area contributed by atoms with E-state index in [0.717, 1.165) is 43.6 Å². The monoisotopic (exact) mass is 298 g/mol. The molecule has 3 rings (SSSR count). The minimum atomic E-state index is -0.371. The largest absolute Gasteiger partial charge is 0.465 e. The minimum absolute atomic E-state index is 0.0195. The van der Waals surface area contributed by atoms with Gasteiger partial charge in [0.1, 0.15) is 11.5 Å². The summed E-state index contributed by atoms with van der Waals surface area (Å²) in [5, 5.41) is 0. The number of amides is 1. The highest BCUT2D eigenvalue weighted by Gasteiger charge is 2.30. The van der Waals surface area contributed by atoms with E-state index >= 15 is 0 Å². The van der Waals surface area contributed by atoms with Crippen LogP contribution in [0.2, 0.25) is 0 Å². The van der Waals surface area contributed by atoms with Crippen molar-refractivity contribution in [2.24, 2.45) is 4.99 Å². The molecule has 0 aromatic heterocycles. The Bertz CT molecular complexity index is 659. The molecule has 0 spiro atoms. The molecule has 114 valence electrons. The molecule has 2 aliphatic heterocycles. The number of rotatable bonds is 2. The summed E-state index contributed by atoms with van der Waals surface area (Å²) >= 11 is 0. The standard InChI is InChI=1S/C17H18N2O3/c1-22-17(21)13-8-6-12(7-9-13)11-14-16(20)19-10-4-2-3-5-15(19)18-14/h6-9,11H,2-5,10H2,1H3/b14-11-. The summed E-state index contributed by atoms with van der Waals surface area (Å²) in [5.41, 5.74) is 1.81. The van der Waals surface area contributed by atoms with Crippen LogP contribution in [0.4, 0.5) is 0 Å². The fraction of sp³-hybridized carbons (Fsp3) is 0.353. The second kappa shape index (κ2) is 6.13. The highest BCUT2D eigenvalue weighted by Crippen LogP contribution is 2.24. The van der Waals surface area contributed by atoms with Crippen LogP contribution in [0.3, 0.4) is 0 Å². The summed E-state index contributed by atoms with van der Waals surface area (Å²) in [7, 11) is 1.35. The Hall–Kier alpha value is -2.43. The Balaban J connectivity index is 1.83. The number of hydrogen-bond acceptors (Lipinski definition) is 4. The van der Waals surface area contributed by atoms with Crippen LogP contribution >= 0.6 is 0 Å². The molecule has 1 aromatic rings. The van der Waals surface area contributed by atoms with Gasteiger partial charge in [-0.2, -0.15) is 0 Å². The lowest BCUT2D eigenvalue weighted by Crippen LogP contribution is -2.31. The van der Waals surface area contributed by atoms with E-state index in [2.05, 4.69) is 9.73 Å². The van der Waals surface area contributed by atoms with E-state index in [1.807, 2.05) is 0 Å². The number of benzene rings is 1. The molecule has 0 N–H and O–H groups in total. The smallest absolute Gasteiger partial charge is 0.337 e. The van der Waals surface area contributed by atoms with Crippen LogP contribution in [-0.4, -0.2) is 36.3 Å². The van der Waals surface area contributed by atoms with E-state index in [1.54, 1.807) is 35.2 Å². The van der Waals surface area contributed by atoms with Crippen molar-refractivity contribution >= 4 is 23.8 Å². The molecule has 5 nitrogen and oxygen atoms in total. The van der Waals surface area contributed by atoms with Gasteiger partial charge in [0.05, 0.1) is 12.7 Å². The summed E-state index contributed by atoms with van der Waals surface area (Å²) in [6, 6.07) is 6.94. The Morgan fingerprint density at radius 2 is 2.00 bits per heavy atom. The molecular weight excluding hydrogens is 280 g/mol. The normalized spacial score (nSPS) is 19.7. The quantitative estimate of drug-likeness (QED) is 0.623. The number of aliphatic imine (C=N–C) groups is 1. The molecule has 1 amide bonds. The SMILES string of the molecule is COC(=O)c1ccc(/C=C2\N=C3CCCCCN3C2=O)cc1. The Labute approximate surface area is 129 Å². The van der Waals surface area contributed by atoms with Crippen LogP contribution in [0.15, 0.2) is 35.0 Å². The lowest BCUT2D eigenvalue weighted by atomic mass is 10.1. The first-order valence-electron chi connectivity index (χ1n) is 7.48. The van der Waals surface area contributed by atoms with Crippen LogP contribution in [0.1, 0.15) is 41.6 Å². The van der Waals surface area contributed by atoms with Gasteiger partial charge in [-0.25, -0.2) is 9.79 Å². The summed E-state index contributed by atoms with van der Waals surface area (Å²) in [6.45, 7) is 0.760. The summed E-state index contributed by atoms with van der Waals surface area (Å²) in [5.74, 6) is 0.499. The maximum Gasteiger partial charge on any atom is 0.337 e. The van der Waals surface area contributed by atoms with Gasteiger partial charge in [0.2, 0.25) is 0 Å². The molecule has 0 unspecified atom stereocenters. The number of fused-ring (bicyclic) bond motifs is 1. The van der Waals surface area contributed by atoms with Gasteiger partial charge in [-0.1, -0.05) is 18.6 Å². The molecule has 0 aliphatic carbocycles. The molecule has 0 radical (unpaired) electrons. The zero-order chi connectivity index (χ0) is 15.5. The molecule has 1 fully saturated rings. The van der Waals surface area contributed by atoms with Crippen LogP contribution in [0, 0.1) is 0 Å². The van der Waals surface area contributed by atoms with Crippen molar-refractivity contribution in [3.63, 3.8) is 0 Å². The third-order valence-corrected chi connectivity index (χ3v) is 3.94. The van der Waals surface area contributed by atoms with Gasteiger partial charge in [-0.05, 0) is 36.6 Å². The molecular formula is C17H18N2O3. The van der Waals surface area contributed by atoms with E-state index in [1.165, 1.54) is 7.11 Å². The molecule has 0 saturated carbocycles. The van der Waals surface area contributed by atoms with Crippen LogP contribution in [0.5, 0.6) is 0 Å². The van der Waals surface area contributed by atoms with Gasteiger partial charge < -0.3 is 4.74 Å². The summed E-state index contributed by atoms with van der Waals surface area (Å²) in [6.07, 6.45) is 5.90. The number of ether oxygens (including phenoxy) is 1. The second-order valence-electron chi connectivity index (χ2n) is 5.44. The maximum absolute atomic E-state index is 12.4. The van der Waals surface area contributed by atoms with Crippen molar-refractivity contribution in [3.05, 3.63) is 41.1 Å². The first-order chi connectivity index (χ1) is 10.7. The molecule has 1 saturated heterocycles. The van der Waals surface area contributed by atoms with Gasteiger partial charge in [-0.3, -0.25) is 9.69 Å². The van der Waals surface area contributed by atoms with Crippen molar-refractivity contribution in [1.29, 1.82) is 0 Å². The maximum atomic E-state index is 12.4. The molecule has 2 heterocycles. The Kier molecular flexibility index (Phi) is 4.04. The third kappa shape index (κ3) is 2.79. The highest BCUT2D eigenvalue weighted by atomic mass is 16.5. The fourth-order valence-electron chi connectivity index (χ4n) is 2.74. The van der Waals surface area contributed by atoms with E-state index in [4.69, 9.17) is 0 Å². The second-order valence-corrected chi connectivity index (χ2v) is 5.44. The average molecular weight is 298 g/mol. The first kappa shape index (κ1) is 14.5. The zero-order valence-corrected chi connectivity index (χ0v) is 12.5. The Morgan fingerprint density at radius 3 is 2.73 bits per heavy atom. The Morgan fingerprint density at radius 1 is 1.23 bits per heavy atom. The summed E-state index contributed by atoms with van der Waals surface area (Å²) < 4.78 is 4.67. The van der Waals surface area contributed by atoms with Crippen molar-refractivity contribution < 1.29 is 14.3 Å². The van der Waals surface area contributed by atoms with Crippen molar-refractivity contribution in [2.75, 3.05) is 13.7 Å². The van der Waals surface area contributed by atoms with E-state index in [9.17, 15) is 9.59 Å². The lowest BCUT2D eigenvalue weighted by molar-refractivity contribution is -0.122. The van der Waals surface area contributed by atoms with Crippen LogP contribution in [0.25, 0.3) is 6.08 Å². The highest BCUT2D eigenvalue weighted by molar-refractivity contribution is 6.14. The molecule has 2 aliphatic rings. The van der Waals surface area contributed by atoms with Crippen LogP contribution in [-0.2, 0) is 9.53 Å². The van der Waals surface area contributed by atoms with Gasteiger partial charge in [0, 0.05) is 13.0 Å². The predicted octanol–water partition coefficient (Wildman–Crippen LogP) is 2.63. The van der Waals surface area contributed by atoms with Gasteiger partial charge in [0.15, 0.2) is 0 Å². The molecule has 1 aromatic carbocycles.